The molecule has 1 fully saturated rings. The van der Waals surface area contributed by atoms with Gasteiger partial charge in [0.25, 0.3) is 5.91 Å². The normalized spacial score (nSPS) is 17.2. The predicted octanol–water partition coefficient (Wildman–Crippen LogP) is 3.84. The molecule has 1 amide bonds. The summed E-state index contributed by atoms with van der Waals surface area (Å²) < 4.78 is 11.6. The van der Waals surface area contributed by atoms with Crippen molar-refractivity contribution in [2.45, 2.75) is 25.5 Å². The van der Waals surface area contributed by atoms with Crippen molar-refractivity contribution in [2.75, 3.05) is 20.1 Å². The molecule has 1 saturated heterocycles. The number of likely N-dealkylation sites (tertiary alicyclic amines) is 1. The molecule has 1 aromatic heterocycles. The zero-order chi connectivity index (χ0) is 18.6. The van der Waals surface area contributed by atoms with Gasteiger partial charge in [-0.2, -0.15) is 0 Å². The molecule has 2 aromatic carbocycles. The molecule has 0 radical (unpaired) electrons. The number of furan rings is 1. The third kappa shape index (κ3) is 3.98. The summed E-state index contributed by atoms with van der Waals surface area (Å²) in [6, 6.07) is 18.1. The van der Waals surface area contributed by atoms with Gasteiger partial charge in [0.1, 0.15) is 18.1 Å². The first-order chi connectivity index (χ1) is 13.2. The Balaban J connectivity index is 1.39. The maximum absolute atomic E-state index is 12.7. The van der Waals surface area contributed by atoms with Gasteiger partial charge in [0, 0.05) is 19.1 Å². The van der Waals surface area contributed by atoms with Crippen LogP contribution in [0.5, 0.6) is 5.75 Å². The molecule has 27 heavy (non-hydrogen) atoms. The Bertz CT molecular complexity index is 934. The highest BCUT2D eigenvalue weighted by Gasteiger charge is 2.25. The molecular formula is C22H24N2O3. The lowest BCUT2D eigenvalue weighted by molar-refractivity contribution is 0.0662. The molecule has 5 nitrogen and oxygen atoms in total. The Labute approximate surface area is 158 Å². The molecular weight excluding hydrogens is 340 g/mol. The molecule has 2 heterocycles. The molecule has 1 N–H and O–H groups in total. The van der Waals surface area contributed by atoms with E-state index in [1.807, 2.05) is 48.3 Å². The number of hydrogen-bond donors (Lipinski definition) is 1. The number of nitrogens with one attached hydrogen (secondary N) is 1. The first kappa shape index (κ1) is 17.6. The van der Waals surface area contributed by atoms with E-state index in [9.17, 15) is 4.79 Å². The second kappa shape index (κ2) is 7.84. The summed E-state index contributed by atoms with van der Waals surface area (Å²) in [5, 5.41) is 5.56. The molecule has 5 heteroatoms. The number of fused-ring (bicyclic) bond motifs is 1. The van der Waals surface area contributed by atoms with Gasteiger partial charge in [0.2, 0.25) is 0 Å². The monoisotopic (exact) mass is 364 g/mol. The number of piperidine rings is 1. The lowest BCUT2D eigenvalue weighted by Crippen LogP contribution is -2.46. The fraction of sp³-hybridized carbons (Fsp3) is 0.318. The number of benzene rings is 2. The molecule has 1 aliphatic rings. The molecule has 0 bridgehead atoms. The van der Waals surface area contributed by atoms with Crippen molar-refractivity contribution in [3.63, 3.8) is 0 Å². The molecule has 1 aliphatic heterocycles. The van der Waals surface area contributed by atoms with Crippen LogP contribution in [0.1, 0.15) is 29.2 Å². The van der Waals surface area contributed by atoms with E-state index in [1.165, 1.54) is 5.39 Å². The largest absolute Gasteiger partial charge is 0.486 e. The summed E-state index contributed by atoms with van der Waals surface area (Å²) in [6.45, 7) is 1.80. The fourth-order valence-corrected chi connectivity index (χ4v) is 3.54. The number of hydrogen-bond acceptors (Lipinski definition) is 4. The molecule has 1 unspecified atom stereocenters. The minimum absolute atomic E-state index is 0.0492. The lowest BCUT2D eigenvalue weighted by atomic mass is 10.1. The van der Waals surface area contributed by atoms with Gasteiger partial charge in [0.15, 0.2) is 5.76 Å². The Hall–Kier alpha value is -2.79. The van der Waals surface area contributed by atoms with Gasteiger partial charge in [-0.3, -0.25) is 4.79 Å². The van der Waals surface area contributed by atoms with Crippen LogP contribution < -0.4 is 10.1 Å². The third-order valence-corrected chi connectivity index (χ3v) is 5.09. The van der Waals surface area contributed by atoms with Crippen LogP contribution in [0.2, 0.25) is 0 Å². The van der Waals surface area contributed by atoms with Crippen LogP contribution in [0.15, 0.2) is 59.0 Å². The first-order valence-corrected chi connectivity index (χ1v) is 9.40. The zero-order valence-electron chi connectivity index (χ0n) is 15.5. The van der Waals surface area contributed by atoms with Gasteiger partial charge in [-0.05, 0) is 54.9 Å². The van der Waals surface area contributed by atoms with Crippen LogP contribution in [0.3, 0.4) is 0 Å². The van der Waals surface area contributed by atoms with Crippen molar-refractivity contribution >= 4 is 16.7 Å². The van der Waals surface area contributed by atoms with Gasteiger partial charge in [-0.15, -0.1) is 0 Å². The van der Waals surface area contributed by atoms with Crippen LogP contribution in [0.25, 0.3) is 10.8 Å². The zero-order valence-corrected chi connectivity index (χ0v) is 15.5. The van der Waals surface area contributed by atoms with Crippen molar-refractivity contribution in [3.8, 4) is 5.75 Å². The van der Waals surface area contributed by atoms with Crippen molar-refractivity contribution in [1.82, 2.24) is 10.2 Å². The molecule has 4 rings (SSSR count). The van der Waals surface area contributed by atoms with Crippen molar-refractivity contribution in [2.24, 2.45) is 0 Å². The number of amides is 1. The van der Waals surface area contributed by atoms with E-state index in [2.05, 4.69) is 17.4 Å². The van der Waals surface area contributed by atoms with E-state index in [1.54, 1.807) is 6.07 Å². The number of carbonyl (C=O) groups is 1. The van der Waals surface area contributed by atoms with Gasteiger partial charge in [-0.1, -0.05) is 30.3 Å². The topological polar surface area (TPSA) is 54.7 Å². The van der Waals surface area contributed by atoms with Crippen LogP contribution in [-0.2, 0) is 6.61 Å². The molecule has 140 valence electrons. The van der Waals surface area contributed by atoms with Crippen molar-refractivity contribution in [3.05, 3.63) is 66.1 Å². The van der Waals surface area contributed by atoms with E-state index in [0.717, 1.165) is 37.1 Å². The smallest absolute Gasteiger partial charge is 0.289 e. The summed E-state index contributed by atoms with van der Waals surface area (Å²) >= 11 is 0. The van der Waals surface area contributed by atoms with Gasteiger partial charge in [0.05, 0.1) is 0 Å². The number of ether oxygens (including phenoxy) is 1. The maximum atomic E-state index is 12.7. The highest BCUT2D eigenvalue weighted by Crippen LogP contribution is 2.22. The van der Waals surface area contributed by atoms with E-state index < -0.39 is 0 Å². The highest BCUT2D eigenvalue weighted by molar-refractivity contribution is 5.91. The average molecular weight is 364 g/mol. The SMILES string of the molecule is CNC1CCCN(C(=O)c2ccc(COc3ccc4ccccc4c3)o2)C1. The maximum Gasteiger partial charge on any atom is 0.289 e. The number of nitrogens with zero attached hydrogens (tertiary/aromatic N) is 1. The minimum Gasteiger partial charge on any atom is -0.486 e. The summed E-state index contributed by atoms with van der Waals surface area (Å²) in [6.07, 6.45) is 2.11. The first-order valence-electron chi connectivity index (χ1n) is 9.40. The molecule has 3 aromatic rings. The number of carbonyl (C=O) groups excluding carboxylic acids is 1. The van der Waals surface area contributed by atoms with E-state index in [0.29, 0.717) is 24.2 Å². The van der Waals surface area contributed by atoms with E-state index in [-0.39, 0.29) is 5.91 Å². The summed E-state index contributed by atoms with van der Waals surface area (Å²) in [7, 11) is 1.94. The Kier molecular flexibility index (Phi) is 5.12. The highest BCUT2D eigenvalue weighted by atomic mass is 16.5. The van der Waals surface area contributed by atoms with Gasteiger partial charge >= 0.3 is 0 Å². The minimum atomic E-state index is -0.0492. The standard InChI is InChI=1S/C22H24N2O3/c1-23-18-7-4-12-24(14-18)22(25)21-11-10-20(27-21)15-26-19-9-8-16-5-2-3-6-17(16)13-19/h2-3,5-6,8-11,13,18,23H,4,7,12,14-15H2,1H3. The van der Waals surface area contributed by atoms with Gasteiger partial charge < -0.3 is 19.4 Å². The quantitative estimate of drug-likeness (QED) is 0.747. The molecule has 0 spiro atoms. The predicted molar refractivity (Wildman–Crippen MR) is 105 cm³/mol. The number of rotatable bonds is 5. The summed E-state index contributed by atoms with van der Waals surface area (Å²) in [5.41, 5.74) is 0. The molecule has 1 atom stereocenters. The fourth-order valence-electron chi connectivity index (χ4n) is 3.54. The van der Waals surface area contributed by atoms with Crippen molar-refractivity contribution in [1.29, 1.82) is 0 Å². The third-order valence-electron chi connectivity index (χ3n) is 5.09. The summed E-state index contributed by atoms with van der Waals surface area (Å²) in [5.74, 6) is 1.76. The summed E-state index contributed by atoms with van der Waals surface area (Å²) in [4.78, 5) is 14.5. The second-order valence-corrected chi connectivity index (χ2v) is 6.94. The number of likely N-dealkylation sites (N-methyl/N-ethyl adjacent to an activating group) is 1. The molecule has 0 saturated carbocycles. The van der Waals surface area contributed by atoms with Crippen LogP contribution in [0, 0.1) is 0 Å². The Morgan fingerprint density at radius 2 is 2.04 bits per heavy atom. The van der Waals surface area contributed by atoms with E-state index in [4.69, 9.17) is 9.15 Å². The van der Waals surface area contributed by atoms with Crippen LogP contribution in [0.4, 0.5) is 0 Å². The van der Waals surface area contributed by atoms with Gasteiger partial charge in [-0.25, -0.2) is 0 Å². The average Bonchev–Trinajstić information content (AvgIpc) is 3.20. The van der Waals surface area contributed by atoms with E-state index >= 15 is 0 Å². The van der Waals surface area contributed by atoms with Crippen molar-refractivity contribution < 1.29 is 13.9 Å². The lowest BCUT2D eigenvalue weighted by Gasteiger charge is -2.31. The van der Waals surface area contributed by atoms with Crippen LogP contribution in [-0.4, -0.2) is 37.0 Å². The Morgan fingerprint density at radius 3 is 2.89 bits per heavy atom. The molecule has 0 aliphatic carbocycles. The Morgan fingerprint density at radius 1 is 1.19 bits per heavy atom. The van der Waals surface area contributed by atoms with Crippen LogP contribution >= 0.6 is 0 Å². The second-order valence-electron chi connectivity index (χ2n) is 6.94.